The van der Waals surface area contributed by atoms with E-state index in [-0.39, 0.29) is 0 Å². The van der Waals surface area contributed by atoms with Crippen molar-refractivity contribution in [3.05, 3.63) is 12.2 Å². The van der Waals surface area contributed by atoms with Crippen molar-refractivity contribution < 1.29 is 22.7 Å². The maximum absolute atomic E-state index is 12.2. The van der Waals surface area contributed by atoms with E-state index in [9.17, 15) is 18.0 Å². The first-order valence-corrected chi connectivity index (χ1v) is 5.86. The van der Waals surface area contributed by atoms with Gasteiger partial charge in [-0.2, -0.15) is 13.2 Å². The summed E-state index contributed by atoms with van der Waals surface area (Å²) in [6.07, 6.45) is -2.28. The summed E-state index contributed by atoms with van der Waals surface area (Å²) in [6, 6.07) is 0. The minimum absolute atomic E-state index is 0.578. The van der Waals surface area contributed by atoms with Crippen molar-refractivity contribution in [1.82, 2.24) is 0 Å². The Labute approximate surface area is 96.2 Å². The number of thioether (sulfide) groups is 1. The number of rotatable bonds is 2. The minimum atomic E-state index is -4.72. The van der Waals surface area contributed by atoms with E-state index in [1.165, 1.54) is 11.8 Å². The molecule has 0 aromatic rings. The molecule has 16 heavy (non-hydrogen) atoms. The molecular weight excluding hydrogens is 241 g/mol. The highest BCUT2D eigenvalue weighted by atomic mass is 32.2. The molecule has 1 aliphatic heterocycles. The van der Waals surface area contributed by atoms with E-state index in [1.807, 2.05) is 0 Å². The lowest BCUT2D eigenvalue weighted by Crippen LogP contribution is -2.33. The third-order valence-electron chi connectivity index (χ3n) is 2.33. The van der Waals surface area contributed by atoms with Crippen LogP contribution in [0.2, 0.25) is 0 Å². The second kappa shape index (κ2) is 4.69. The van der Waals surface area contributed by atoms with Crippen molar-refractivity contribution in [2.45, 2.75) is 37.3 Å². The lowest BCUT2D eigenvalue weighted by atomic mass is 10.1. The van der Waals surface area contributed by atoms with E-state index in [0.717, 1.165) is 18.6 Å². The lowest BCUT2D eigenvalue weighted by molar-refractivity contribution is -0.157. The van der Waals surface area contributed by atoms with Gasteiger partial charge in [-0.05, 0) is 31.9 Å². The van der Waals surface area contributed by atoms with Crippen molar-refractivity contribution in [2.24, 2.45) is 0 Å². The number of ether oxygens (including phenoxy) is 1. The Bertz CT molecular complexity index is 293. The summed E-state index contributed by atoms with van der Waals surface area (Å²) in [4.78, 5) is 10.4. The molecular formula is C10H13F3O2S. The van der Waals surface area contributed by atoms with Crippen LogP contribution in [-0.2, 0) is 9.53 Å². The van der Waals surface area contributed by atoms with Crippen molar-refractivity contribution in [2.75, 3.05) is 5.75 Å². The first-order valence-electron chi connectivity index (χ1n) is 4.88. The van der Waals surface area contributed by atoms with E-state index >= 15 is 0 Å². The fraction of sp³-hybridized carbons (Fsp3) is 0.700. The van der Waals surface area contributed by atoms with Crippen molar-refractivity contribution in [3.63, 3.8) is 0 Å². The van der Waals surface area contributed by atoms with Crippen LogP contribution in [0.15, 0.2) is 12.2 Å². The molecule has 1 rings (SSSR count). The largest absolute Gasteiger partial charge is 0.445 e. The van der Waals surface area contributed by atoms with E-state index in [0.29, 0.717) is 6.42 Å². The first kappa shape index (κ1) is 13.4. The summed E-state index contributed by atoms with van der Waals surface area (Å²) in [6.45, 7) is 4.35. The topological polar surface area (TPSA) is 26.3 Å². The van der Waals surface area contributed by atoms with Crippen LogP contribution >= 0.6 is 11.8 Å². The Balaban J connectivity index is 2.60. The van der Waals surface area contributed by atoms with Gasteiger partial charge in [0.25, 0.3) is 0 Å². The van der Waals surface area contributed by atoms with Crippen LogP contribution in [0.3, 0.4) is 0 Å². The summed E-state index contributed by atoms with van der Waals surface area (Å²) in [5.74, 6) is -0.577. The van der Waals surface area contributed by atoms with Gasteiger partial charge in [0.2, 0.25) is 0 Å². The number of esters is 1. The second-order valence-corrected chi connectivity index (χ2v) is 5.37. The molecule has 0 radical (unpaired) electrons. The molecule has 0 aromatic heterocycles. The minimum Gasteiger partial charge on any atom is -0.445 e. The molecule has 2 nitrogen and oxygen atoms in total. The zero-order valence-electron chi connectivity index (χ0n) is 8.89. The van der Waals surface area contributed by atoms with Gasteiger partial charge >= 0.3 is 12.1 Å². The molecule has 0 N–H and O–H groups in total. The average Bonchev–Trinajstić information content (AvgIpc) is 2.15. The van der Waals surface area contributed by atoms with Gasteiger partial charge in [-0.25, -0.2) is 4.79 Å². The molecule has 1 saturated heterocycles. The third kappa shape index (κ3) is 3.43. The van der Waals surface area contributed by atoms with Gasteiger partial charge < -0.3 is 4.74 Å². The molecule has 0 bridgehead atoms. The van der Waals surface area contributed by atoms with Crippen LogP contribution < -0.4 is 0 Å². The van der Waals surface area contributed by atoms with Gasteiger partial charge in [0.1, 0.15) is 5.57 Å². The normalized spacial score (nSPS) is 26.2. The Morgan fingerprint density at radius 1 is 1.44 bits per heavy atom. The molecule has 6 heteroatoms. The average molecular weight is 254 g/mol. The number of alkyl halides is 3. The van der Waals surface area contributed by atoms with Gasteiger partial charge in [0.15, 0.2) is 4.93 Å². The summed E-state index contributed by atoms with van der Waals surface area (Å²) >= 11 is 1.37. The van der Waals surface area contributed by atoms with E-state index < -0.39 is 22.7 Å². The predicted molar refractivity (Wildman–Crippen MR) is 56.0 cm³/mol. The predicted octanol–water partition coefficient (Wildman–Crippen LogP) is 3.28. The fourth-order valence-corrected chi connectivity index (χ4v) is 2.57. The van der Waals surface area contributed by atoms with Gasteiger partial charge in [0.05, 0.1) is 0 Å². The summed E-state index contributed by atoms with van der Waals surface area (Å²) < 4.78 is 41.4. The second-order valence-electron chi connectivity index (χ2n) is 3.81. The number of hydrogen-bond donors (Lipinski definition) is 0. The Morgan fingerprint density at radius 3 is 2.50 bits per heavy atom. The number of carbonyl (C=O) groups excluding carboxylic acids is 1. The summed E-state index contributed by atoms with van der Waals surface area (Å²) in [7, 11) is 0. The maximum Gasteiger partial charge on any atom is 0.422 e. The Morgan fingerprint density at radius 2 is 2.06 bits per heavy atom. The molecule has 0 amide bonds. The van der Waals surface area contributed by atoms with E-state index in [4.69, 9.17) is 4.74 Å². The molecule has 92 valence electrons. The highest BCUT2D eigenvalue weighted by molar-refractivity contribution is 8.00. The van der Waals surface area contributed by atoms with Crippen LogP contribution in [-0.4, -0.2) is 22.8 Å². The summed E-state index contributed by atoms with van der Waals surface area (Å²) in [5, 5.41) is 0. The number of carbonyl (C=O) groups is 1. The van der Waals surface area contributed by atoms with Gasteiger partial charge in [-0.15, -0.1) is 11.8 Å². The van der Waals surface area contributed by atoms with E-state index in [2.05, 4.69) is 6.58 Å². The monoisotopic (exact) mass is 254 g/mol. The SMILES string of the molecule is C=C(C(=O)OC1(C)CCCCS1)C(F)(F)F. The molecule has 1 atom stereocenters. The highest BCUT2D eigenvalue weighted by Crippen LogP contribution is 2.38. The molecule has 0 aromatic carbocycles. The molecule has 1 aliphatic rings. The number of halogens is 3. The van der Waals surface area contributed by atoms with Crippen molar-refractivity contribution in [1.29, 1.82) is 0 Å². The van der Waals surface area contributed by atoms with Crippen LogP contribution in [0.5, 0.6) is 0 Å². The van der Waals surface area contributed by atoms with Crippen molar-refractivity contribution >= 4 is 17.7 Å². The van der Waals surface area contributed by atoms with Crippen molar-refractivity contribution in [3.8, 4) is 0 Å². The third-order valence-corrected chi connectivity index (χ3v) is 3.72. The van der Waals surface area contributed by atoms with Crippen LogP contribution in [0.25, 0.3) is 0 Å². The zero-order chi connectivity index (χ0) is 12.4. The standard InChI is InChI=1S/C10H13F3O2S/c1-7(10(11,12)13)8(14)15-9(2)5-3-4-6-16-9/h1,3-6H2,2H3. The van der Waals surface area contributed by atoms with Crippen LogP contribution in [0, 0.1) is 0 Å². The molecule has 0 aliphatic carbocycles. The molecule has 0 spiro atoms. The molecule has 1 unspecified atom stereocenters. The quantitative estimate of drug-likeness (QED) is 0.558. The fourth-order valence-electron chi connectivity index (χ4n) is 1.36. The molecule has 1 heterocycles. The zero-order valence-corrected chi connectivity index (χ0v) is 9.71. The first-order chi connectivity index (χ1) is 7.25. The van der Waals surface area contributed by atoms with Crippen LogP contribution in [0.4, 0.5) is 13.2 Å². The lowest BCUT2D eigenvalue weighted by Gasteiger charge is -2.32. The van der Waals surface area contributed by atoms with Gasteiger partial charge in [-0.1, -0.05) is 6.58 Å². The van der Waals surface area contributed by atoms with E-state index in [1.54, 1.807) is 6.92 Å². The maximum atomic E-state index is 12.2. The van der Waals surface area contributed by atoms with Crippen LogP contribution in [0.1, 0.15) is 26.2 Å². The highest BCUT2D eigenvalue weighted by Gasteiger charge is 2.41. The molecule has 0 saturated carbocycles. The smallest absolute Gasteiger partial charge is 0.422 e. The Kier molecular flexibility index (Phi) is 3.93. The number of hydrogen-bond acceptors (Lipinski definition) is 3. The Hall–Kier alpha value is -0.650. The van der Waals surface area contributed by atoms with Gasteiger partial charge in [-0.3, -0.25) is 0 Å². The summed E-state index contributed by atoms with van der Waals surface area (Å²) in [5.41, 5.74) is -1.44. The van der Waals surface area contributed by atoms with Gasteiger partial charge in [0, 0.05) is 0 Å². The molecule has 1 fully saturated rings.